The summed E-state index contributed by atoms with van der Waals surface area (Å²) in [6.45, 7) is -1.90. The summed E-state index contributed by atoms with van der Waals surface area (Å²) >= 11 is 0. The normalized spacial score (nSPS) is 47.2. The highest BCUT2D eigenvalue weighted by atomic mass is 16.7. The molecule has 18 nitrogen and oxygen atoms in total. The van der Waals surface area contributed by atoms with Crippen molar-refractivity contribution < 1.29 is 89.7 Å². The molecule has 0 aliphatic carbocycles. The van der Waals surface area contributed by atoms with E-state index in [1.54, 1.807) is 0 Å². The molecule has 18 heteroatoms. The van der Waals surface area contributed by atoms with Crippen molar-refractivity contribution >= 4 is 0 Å². The second-order valence-corrected chi connectivity index (χ2v) is 10.8. The van der Waals surface area contributed by atoms with E-state index in [4.69, 9.17) is 28.4 Å². The summed E-state index contributed by atoms with van der Waals surface area (Å²) in [5.41, 5.74) is -1.34. The van der Waals surface area contributed by atoms with Crippen molar-refractivity contribution in [3.8, 4) is 0 Å². The molecule has 3 rings (SSSR count). The Morgan fingerprint density at radius 2 is 0.683 bits per heavy atom. The summed E-state index contributed by atoms with van der Waals surface area (Å²) < 4.78 is 32.9. The van der Waals surface area contributed by atoms with Gasteiger partial charge in [0.1, 0.15) is 73.2 Å². The maximum Gasteiger partial charge on any atom is 0.186 e. The third-order valence-corrected chi connectivity index (χ3v) is 7.33. The molecule has 3 fully saturated rings. The van der Waals surface area contributed by atoms with Crippen molar-refractivity contribution in [2.45, 2.75) is 99.0 Å². The van der Waals surface area contributed by atoms with Gasteiger partial charge >= 0.3 is 0 Å². The minimum atomic E-state index is -1.74. The van der Waals surface area contributed by atoms with Gasteiger partial charge in [-0.3, -0.25) is 0 Å². The van der Waals surface area contributed by atoms with E-state index < -0.39 is 137 Å². The third kappa shape index (κ3) is 7.87. The molecule has 3 aliphatic heterocycles. The van der Waals surface area contributed by atoms with E-state index in [2.05, 4.69) is 0 Å². The van der Waals surface area contributed by atoms with Gasteiger partial charge in [-0.05, 0) is 0 Å². The van der Waals surface area contributed by atoms with E-state index in [-0.39, 0.29) is 0 Å². The Hall–Kier alpha value is -0.720. The summed E-state index contributed by atoms with van der Waals surface area (Å²) in [7, 11) is 0. The zero-order chi connectivity index (χ0) is 30.6. The average molecular weight is 607 g/mol. The molecule has 3 aliphatic rings. The van der Waals surface area contributed by atoms with Crippen LogP contribution in [0.25, 0.3) is 0 Å². The van der Waals surface area contributed by atoms with E-state index in [0.29, 0.717) is 0 Å². The summed E-state index contributed by atoms with van der Waals surface area (Å²) in [5.74, 6) is 0. The van der Waals surface area contributed by atoms with E-state index in [1.165, 1.54) is 6.92 Å². The molecule has 9 unspecified atom stereocenters. The van der Waals surface area contributed by atoms with Crippen LogP contribution in [0, 0.1) is 5.41 Å². The second-order valence-electron chi connectivity index (χ2n) is 10.8. The highest BCUT2D eigenvalue weighted by Gasteiger charge is 2.48. The van der Waals surface area contributed by atoms with Crippen LogP contribution < -0.4 is 0 Å². The van der Waals surface area contributed by atoms with Gasteiger partial charge in [0.15, 0.2) is 18.9 Å². The van der Waals surface area contributed by atoms with Crippen LogP contribution in [0.1, 0.15) is 6.92 Å². The number of ether oxygens (including phenoxy) is 6. The molecule has 0 aromatic rings. The fourth-order valence-corrected chi connectivity index (χ4v) is 4.59. The predicted octanol–water partition coefficient (Wildman–Crippen LogP) is -7.56. The summed E-state index contributed by atoms with van der Waals surface area (Å²) in [4.78, 5) is 0. The van der Waals surface area contributed by atoms with Gasteiger partial charge in [-0.25, -0.2) is 0 Å². The maximum atomic E-state index is 10.3. The van der Waals surface area contributed by atoms with E-state index in [1.807, 2.05) is 0 Å². The van der Waals surface area contributed by atoms with Gasteiger partial charge in [0.25, 0.3) is 0 Å². The first-order valence-electron chi connectivity index (χ1n) is 13.0. The Bertz CT molecular complexity index is 688. The third-order valence-electron chi connectivity index (χ3n) is 7.33. The Balaban J connectivity index is 1.73. The van der Waals surface area contributed by atoms with Crippen LogP contribution in [-0.4, -0.2) is 193 Å². The van der Waals surface area contributed by atoms with Crippen molar-refractivity contribution in [3.05, 3.63) is 0 Å². The van der Waals surface area contributed by atoms with Crippen molar-refractivity contribution in [2.75, 3.05) is 39.6 Å². The molecule has 3 heterocycles. The molecular formula is C23H42O18. The van der Waals surface area contributed by atoms with Gasteiger partial charge in [0.05, 0.1) is 39.6 Å². The molecule has 0 spiro atoms. The Morgan fingerprint density at radius 3 is 0.902 bits per heavy atom. The van der Waals surface area contributed by atoms with Crippen molar-refractivity contribution in [2.24, 2.45) is 5.41 Å². The predicted molar refractivity (Wildman–Crippen MR) is 127 cm³/mol. The van der Waals surface area contributed by atoms with Crippen molar-refractivity contribution in [1.29, 1.82) is 0 Å². The summed E-state index contributed by atoms with van der Waals surface area (Å²) in [6.07, 6.45) is -23.8. The number of hydrogen-bond acceptors (Lipinski definition) is 18. The zero-order valence-corrected chi connectivity index (χ0v) is 22.2. The Kier molecular flexibility index (Phi) is 12.6. The van der Waals surface area contributed by atoms with Gasteiger partial charge in [-0.1, -0.05) is 6.92 Å². The molecule has 41 heavy (non-hydrogen) atoms. The van der Waals surface area contributed by atoms with Gasteiger partial charge in [-0.2, -0.15) is 0 Å². The van der Waals surface area contributed by atoms with Gasteiger partial charge in [-0.15, -0.1) is 0 Å². The standard InChI is InChI=1S/C23H42O18/c1-23(5-36-20-17(33)14(30)11(27)8(2-24)39-20,6-37-21-18(34)15(31)12(28)9(3-25)40-21)7-38-22-19(35)16(32)13(29)10(4-26)41-22/h8-22,24-35H,2-7H2,1H3/t8?,9?,10?,11-,12-,13-,14?,15?,16?,17?,18?,19?,20+,21+,22+,23?/m1/s1. The molecule has 3 saturated heterocycles. The lowest BCUT2D eigenvalue weighted by Gasteiger charge is -2.43. The van der Waals surface area contributed by atoms with Crippen LogP contribution in [0.2, 0.25) is 0 Å². The van der Waals surface area contributed by atoms with Gasteiger partial charge in [0.2, 0.25) is 0 Å². The lowest BCUT2D eigenvalue weighted by Crippen LogP contribution is -2.61. The zero-order valence-electron chi connectivity index (χ0n) is 22.2. The van der Waals surface area contributed by atoms with Crippen LogP contribution in [-0.2, 0) is 28.4 Å². The van der Waals surface area contributed by atoms with E-state index in [9.17, 15) is 61.3 Å². The molecule has 0 aromatic heterocycles. The van der Waals surface area contributed by atoms with Crippen LogP contribution in [0.3, 0.4) is 0 Å². The largest absolute Gasteiger partial charge is 0.394 e. The minimum absolute atomic E-state index is 0.426. The highest BCUT2D eigenvalue weighted by Crippen LogP contribution is 2.30. The summed E-state index contributed by atoms with van der Waals surface area (Å²) in [5, 5.41) is 119. The molecule has 0 aromatic carbocycles. The fourth-order valence-electron chi connectivity index (χ4n) is 4.59. The summed E-state index contributed by atoms with van der Waals surface area (Å²) in [6, 6.07) is 0. The van der Waals surface area contributed by atoms with Crippen LogP contribution >= 0.6 is 0 Å². The lowest BCUT2D eigenvalue weighted by atomic mass is 9.93. The number of hydrogen-bond donors (Lipinski definition) is 12. The number of rotatable bonds is 12. The lowest BCUT2D eigenvalue weighted by molar-refractivity contribution is -0.329. The minimum Gasteiger partial charge on any atom is -0.394 e. The molecule has 15 atom stereocenters. The first kappa shape index (κ1) is 34.8. The molecule has 242 valence electrons. The Labute approximate surface area is 234 Å². The monoisotopic (exact) mass is 606 g/mol. The first-order chi connectivity index (χ1) is 19.3. The smallest absolute Gasteiger partial charge is 0.186 e. The molecule has 0 amide bonds. The quantitative estimate of drug-likeness (QED) is 0.0981. The fraction of sp³-hybridized carbons (Fsp3) is 1.00. The Morgan fingerprint density at radius 1 is 0.439 bits per heavy atom. The molecule has 0 radical (unpaired) electrons. The van der Waals surface area contributed by atoms with Crippen LogP contribution in [0.15, 0.2) is 0 Å². The SMILES string of the molecule is CC(CO[C@H]1OC(CO)[C@@H](O)C(O)C1O)(CO[C@H]1OC(CO)[C@@H](O)C(O)C1O)CO[C@H]1OC(CO)[C@@H](O)C(O)C1O. The highest BCUT2D eigenvalue weighted by molar-refractivity contribution is 4.92. The van der Waals surface area contributed by atoms with Gasteiger partial charge < -0.3 is 89.7 Å². The number of aliphatic hydroxyl groups is 12. The number of aliphatic hydroxyl groups excluding tert-OH is 12. The van der Waals surface area contributed by atoms with E-state index >= 15 is 0 Å². The second kappa shape index (κ2) is 14.8. The average Bonchev–Trinajstić information content (AvgIpc) is 2.96. The maximum absolute atomic E-state index is 10.3. The molecule has 12 N–H and O–H groups in total. The van der Waals surface area contributed by atoms with Crippen LogP contribution in [0.4, 0.5) is 0 Å². The first-order valence-corrected chi connectivity index (χ1v) is 13.0. The molecular weight excluding hydrogens is 564 g/mol. The van der Waals surface area contributed by atoms with E-state index in [0.717, 1.165) is 0 Å². The molecule has 0 bridgehead atoms. The van der Waals surface area contributed by atoms with Crippen molar-refractivity contribution in [3.63, 3.8) is 0 Å². The molecule has 0 saturated carbocycles. The van der Waals surface area contributed by atoms with Crippen molar-refractivity contribution in [1.82, 2.24) is 0 Å². The van der Waals surface area contributed by atoms with Gasteiger partial charge in [0, 0.05) is 5.41 Å². The van der Waals surface area contributed by atoms with Crippen LogP contribution in [0.5, 0.6) is 0 Å². The topological polar surface area (TPSA) is 298 Å².